The molecule has 1 amide bonds. The molecule has 1 rings (SSSR count). The fourth-order valence-electron chi connectivity index (χ4n) is 2.20. The number of amides is 1. The Bertz CT molecular complexity index is 378. The number of hydrogen-bond acceptors (Lipinski definition) is 5. The van der Waals surface area contributed by atoms with Gasteiger partial charge in [0.25, 0.3) is 5.91 Å². The highest BCUT2D eigenvalue weighted by Crippen LogP contribution is 2.11. The predicted molar refractivity (Wildman–Crippen MR) is 79.2 cm³/mol. The SMILES string of the molecule is CCOC(CN/C=C(/C#N)C(=O)N1CCCCC1)OCC. The van der Waals surface area contributed by atoms with Crippen molar-refractivity contribution in [2.45, 2.75) is 39.4 Å². The molecule has 0 unspecified atom stereocenters. The number of ether oxygens (including phenoxy) is 2. The third-order valence-electron chi connectivity index (χ3n) is 3.23. The van der Waals surface area contributed by atoms with Crippen LogP contribution in [0.1, 0.15) is 33.1 Å². The molecule has 1 heterocycles. The van der Waals surface area contributed by atoms with Crippen molar-refractivity contribution >= 4 is 5.91 Å². The Balaban J connectivity index is 2.50. The maximum Gasteiger partial charge on any atom is 0.265 e. The summed E-state index contributed by atoms with van der Waals surface area (Å²) >= 11 is 0. The van der Waals surface area contributed by atoms with Crippen molar-refractivity contribution in [3.8, 4) is 6.07 Å². The molecule has 0 aromatic rings. The number of nitriles is 1. The first kappa shape index (κ1) is 17.5. The molecule has 6 nitrogen and oxygen atoms in total. The normalized spacial score (nSPS) is 15.9. The number of likely N-dealkylation sites (tertiary alicyclic amines) is 1. The van der Waals surface area contributed by atoms with Gasteiger partial charge in [-0.3, -0.25) is 4.79 Å². The lowest BCUT2D eigenvalue weighted by molar-refractivity contribution is -0.132. The average Bonchev–Trinajstić information content (AvgIpc) is 2.52. The van der Waals surface area contributed by atoms with E-state index in [-0.39, 0.29) is 17.8 Å². The molecular weight excluding hydrogens is 270 g/mol. The van der Waals surface area contributed by atoms with Crippen LogP contribution in [0, 0.1) is 11.3 Å². The van der Waals surface area contributed by atoms with Crippen LogP contribution in [-0.2, 0) is 14.3 Å². The second kappa shape index (κ2) is 10.2. The monoisotopic (exact) mass is 295 g/mol. The standard InChI is InChI=1S/C15H25N3O3/c1-3-20-14(21-4-2)12-17-11-13(10-16)15(19)18-8-6-5-7-9-18/h11,14,17H,3-9,12H2,1-2H3/b13-11-. The number of rotatable bonds is 8. The molecule has 21 heavy (non-hydrogen) atoms. The smallest absolute Gasteiger partial charge is 0.265 e. The Morgan fingerprint density at radius 1 is 1.29 bits per heavy atom. The van der Waals surface area contributed by atoms with Crippen LogP contribution in [0.5, 0.6) is 0 Å². The zero-order valence-electron chi connectivity index (χ0n) is 12.9. The molecular formula is C15H25N3O3. The molecule has 6 heteroatoms. The molecule has 0 bridgehead atoms. The molecule has 118 valence electrons. The van der Waals surface area contributed by atoms with Gasteiger partial charge in [0, 0.05) is 32.5 Å². The molecule has 0 aromatic carbocycles. The largest absolute Gasteiger partial charge is 0.385 e. The lowest BCUT2D eigenvalue weighted by Gasteiger charge is -2.26. The van der Waals surface area contributed by atoms with Crippen LogP contribution in [0.4, 0.5) is 0 Å². The Hall–Kier alpha value is -1.58. The molecule has 1 N–H and O–H groups in total. The van der Waals surface area contributed by atoms with E-state index < -0.39 is 0 Å². The molecule has 1 saturated heterocycles. The van der Waals surface area contributed by atoms with Crippen LogP contribution in [0.15, 0.2) is 11.8 Å². The number of carbonyl (C=O) groups excluding carboxylic acids is 1. The van der Waals surface area contributed by atoms with Gasteiger partial charge >= 0.3 is 0 Å². The van der Waals surface area contributed by atoms with Gasteiger partial charge in [0.1, 0.15) is 11.6 Å². The van der Waals surface area contributed by atoms with E-state index in [0.29, 0.717) is 19.8 Å². The van der Waals surface area contributed by atoms with E-state index in [0.717, 1.165) is 32.4 Å². The van der Waals surface area contributed by atoms with Crippen molar-refractivity contribution in [2.24, 2.45) is 0 Å². The van der Waals surface area contributed by atoms with E-state index >= 15 is 0 Å². The minimum Gasteiger partial charge on any atom is -0.385 e. The van der Waals surface area contributed by atoms with E-state index in [4.69, 9.17) is 14.7 Å². The summed E-state index contributed by atoms with van der Waals surface area (Å²) in [5, 5.41) is 12.1. The first-order valence-corrected chi connectivity index (χ1v) is 7.59. The van der Waals surface area contributed by atoms with Crippen molar-refractivity contribution in [1.29, 1.82) is 5.26 Å². The van der Waals surface area contributed by atoms with Crippen LogP contribution < -0.4 is 5.32 Å². The second-order valence-electron chi connectivity index (χ2n) is 4.77. The zero-order chi connectivity index (χ0) is 15.5. The lowest BCUT2D eigenvalue weighted by atomic mass is 10.1. The summed E-state index contributed by atoms with van der Waals surface area (Å²) in [6.45, 7) is 6.75. The van der Waals surface area contributed by atoms with Gasteiger partial charge in [-0.25, -0.2) is 0 Å². The van der Waals surface area contributed by atoms with Crippen LogP contribution >= 0.6 is 0 Å². The van der Waals surface area contributed by atoms with E-state index in [1.807, 2.05) is 19.9 Å². The molecule has 1 aliphatic rings. The minimum atomic E-state index is -0.374. The van der Waals surface area contributed by atoms with Gasteiger partial charge in [-0.05, 0) is 33.1 Å². The highest BCUT2D eigenvalue weighted by Gasteiger charge is 2.20. The summed E-state index contributed by atoms with van der Waals surface area (Å²) in [6, 6.07) is 1.96. The van der Waals surface area contributed by atoms with Crippen molar-refractivity contribution in [2.75, 3.05) is 32.8 Å². The third-order valence-corrected chi connectivity index (χ3v) is 3.23. The highest BCUT2D eigenvalue weighted by molar-refractivity contribution is 5.97. The topological polar surface area (TPSA) is 74.6 Å². The number of carbonyl (C=O) groups is 1. The number of hydrogen-bond donors (Lipinski definition) is 1. The Morgan fingerprint density at radius 3 is 2.43 bits per heavy atom. The van der Waals surface area contributed by atoms with Gasteiger partial charge in [-0.15, -0.1) is 0 Å². The van der Waals surface area contributed by atoms with Gasteiger partial charge in [0.05, 0.1) is 6.54 Å². The Labute approximate surface area is 126 Å². The quantitative estimate of drug-likeness (QED) is 0.416. The van der Waals surface area contributed by atoms with Gasteiger partial charge in [-0.1, -0.05) is 0 Å². The summed E-state index contributed by atoms with van der Waals surface area (Å²) < 4.78 is 10.8. The molecule has 1 aliphatic heterocycles. The lowest BCUT2D eigenvalue weighted by Crippen LogP contribution is -2.37. The predicted octanol–water partition coefficient (Wildman–Crippen LogP) is 1.40. The van der Waals surface area contributed by atoms with Crippen LogP contribution in [0.3, 0.4) is 0 Å². The Kier molecular flexibility index (Phi) is 8.48. The van der Waals surface area contributed by atoms with Gasteiger partial charge < -0.3 is 19.7 Å². The van der Waals surface area contributed by atoms with Crippen LogP contribution in [0.25, 0.3) is 0 Å². The molecule has 0 aromatic heterocycles. The summed E-state index contributed by atoms with van der Waals surface area (Å²) in [7, 11) is 0. The summed E-state index contributed by atoms with van der Waals surface area (Å²) in [5.74, 6) is -0.200. The number of nitrogens with one attached hydrogen (secondary N) is 1. The van der Waals surface area contributed by atoms with Crippen molar-refractivity contribution in [3.05, 3.63) is 11.8 Å². The fraction of sp³-hybridized carbons (Fsp3) is 0.733. The van der Waals surface area contributed by atoms with E-state index in [1.165, 1.54) is 6.20 Å². The first-order chi connectivity index (χ1) is 10.2. The Morgan fingerprint density at radius 2 is 1.90 bits per heavy atom. The van der Waals surface area contributed by atoms with Crippen LogP contribution in [-0.4, -0.2) is 49.9 Å². The van der Waals surface area contributed by atoms with Crippen molar-refractivity contribution < 1.29 is 14.3 Å². The number of piperidine rings is 1. The van der Waals surface area contributed by atoms with Gasteiger partial charge in [0.15, 0.2) is 6.29 Å². The maximum absolute atomic E-state index is 12.2. The van der Waals surface area contributed by atoms with Crippen LogP contribution in [0.2, 0.25) is 0 Å². The second-order valence-corrected chi connectivity index (χ2v) is 4.77. The maximum atomic E-state index is 12.2. The van der Waals surface area contributed by atoms with Crippen molar-refractivity contribution in [3.63, 3.8) is 0 Å². The van der Waals surface area contributed by atoms with E-state index in [9.17, 15) is 4.79 Å². The highest BCUT2D eigenvalue weighted by atomic mass is 16.7. The first-order valence-electron chi connectivity index (χ1n) is 7.59. The van der Waals surface area contributed by atoms with E-state index in [1.54, 1.807) is 4.90 Å². The zero-order valence-corrected chi connectivity index (χ0v) is 12.9. The molecule has 1 fully saturated rings. The molecule has 0 atom stereocenters. The van der Waals surface area contributed by atoms with Crippen molar-refractivity contribution in [1.82, 2.24) is 10.2 Å². The summed E-state index contributed by atoms with van der Waals surface area (Å²) in [4.78, 5) is 13.9. The molecule has 0 saturated carbocycles. The fourth-order valence-corrected chi connectivity index (χ4v) is 2.20. The minimum absolute atomic E-state index is 0.128. The van der Waals surface area contributed by atoms with Gasteiger partial charge in [0.2, 0.25) is 0 Å². The molecule has 0 aliphatic carbocycles. The third kappa shape index (κ3) is 6.15. The van der Waals surface area contributed by atoms with Gasteiger partial charge in [-0.2, -0.15) is 5.26 Å². The summed E-state index contributed by atoms with van der Waals surface area (Å²) in [5.41, 5.74) is 0.128. The molecule has 0 radical (unpaired) electrons. The van der Waals surface area contributed by atoms with E-state index in [2.05, 4.69) is 5.32 Å². The average molecular weight is 295 g/mol. The molecule has 0 spiro atoms. The summed E-state index contributed by atoms with van der Waals surface area (Å²) in [6.07, 6.45) is 4.25. The number of nitrogens with zero attached hydrogens (tertiary/aromatic N) is 2.